The normalized spacial score (nSPS) is 19.4. The van der Waals surface area contributed by atoms with Gasteiger partial charge in [0.25, 0.3) is 0 Å². The van der Waals surface area contributed by atoms with Crippen LogP contribution in [0.1, 0.15) is 56.6 Å². The van der Waals surface area contributed by atoms with Gasteiger partial charge >= 0.3 is 12.1 Å². The average Bonchev–Trinajstić information content (AvgIpc) is 3.50. The number of ether oxygens (including phenoxy) is 1. The van der Waals surface area contributed by atoms with Crippen LogP contribution in [0.3, 0.4) is 0 Å². The Bertz CT molecular complexity index is 953. The quantitative estimate of drug-likeness (QED) is 0.497. The third kappa shape index (κ3) is 4.50. The summed E-state index contributed by atoms with van der Waals surface area (Å²) in [6.45, 7) is 3.63. The first kappa shape index (κ1) is 21.9. The van der Waals surface area contributed by atoms with Gasteiger partial charge in [0, 0.05) is 11.4 Å². The van der Waals surface area contributed by atoms with Crippen molar-refractivity contribution in [3.05, 3.63) is 57.7 Å². The number of carbonyl (C=O) groups is 1. The van der Waals surface area contributed by atoms with E-state index in [9.17, 15) is 27.6 Å². The van der Waals surface area contributed by atoms with Gasteiger partial charge in [-0.25, -0.2) is 9.18 Å². The largest absolute Gasteiger partial charge is 0.462 e. The molecule has 0 amide bonds. The van der Waals surface area contributed by atoms with Crippen molar-refractivity contribution in [3.8, 4) is 6.07 Å². The number of dihydropyridines is 1. The molecule has 2 aliphatic rings. The summed E-state index contributed by atoms with van der Waals surface area (Å²) in [5.41, 5.74) is -0.798. The van der Waals surface area contributed by atoms with Crippen LogP contribution in [0.2, 0.25) is 0 Å². The van der Waals surface area contributed by atoms with Crippen LogP contribution in [0.5, 0.6) is 0 Å². The van der Waals surface area contributed by atoms with Gasteiger partial charge in [0.1, 0.15) is 5.82 Å². The zero-order chi connectivity index (χ0) is 22.1. The van der Waals surface area contributed by atoms with Crippen LogP contribution in [0.25, 0.3) is 0 Å². The minimum atomic E-state index is -4.86. The number of rotatable bonds is 6. The molecule has 0 spiro atoms. The summed E-state index contributed by atoms with van der Waals surface area (Å²) in [6, 6.07) is 4.23. The summed E-state index contributed by atoms with van der Waals surface area (Å²) in [4.78, 5) is 13.0. The standard InChI is InChI=1S/C22H22F4N2O2/c1-3-4-18-20(21(29)30-11-13-5-6-13)19(16(10-27)12(2)28-18)15-8-7-14(23)9-17(15)22(24,25)26/h7-9,13,19,28H,3-6,11H2,1-2H3. The second kappa shape index (κ2) is 8.50. The lowest BCUT2D eigenvalue weighted by Gasteiger charge is -2.31. The number of esters is 1. The van der Waals surface area contributed by atoms with Gasteiger partial charge in [-0.3, -0.25) is 0 Å². The topological polar surface area (TPSA) is 62.1 Å². The highest BCUT2D eigenvalue weighted by molar-refractivity contribution is 5.93. The van der Waals surface area contributed by atoms with E-state index in [1.165, 1.54) is 0 Å². The fraction of sp³-hybridized carbons (Fsp3) is 0.455. The number of hydrogen-bond donors (Lipinski definition) is 1. The van der Waals surface area contributed by atoms with E-state index in [0.717, 1.165) is 25.0 Å². The molecule has 1 aliphatic heterocycles. The first-order chi connectivity index (χ1) is 14.2. The Hall–Kier alpha value is -2.82. The maximum atomic E-state index is 13.7. The smallest absolute Gasteiger partial charge is 0.416 e. The molecule has 4 nitrogen and oxygen atoms in total. The minimum Gasteiger partial charge on any atom is -0.462 e. The van der Waals surface area contributed by atoms with Gasteiger partial charge in [-0.2, -0.15) is 18.4 Å². The molecule has 0 radical (unpaired) electrons. The molecule has 160 valence electrons. The second-order valence-electron chi connectivity index (χ2n) is 7.62. The highest BCUT2D eigenvalue weighted by Crippen LogP contribution is 2.45. The average molecular weight is 422 g/mol. The molecular weight excluding hydrogens is 400 g/mol. The van der Waals surface area contributed by atoms with Crippen molar-refractivity contribution in [2.45, 2.75) is 51.6 Å². The van der Waals surface area contributed by atoms with Crippen LogP contribution >= 0.6 is 0 Å². The summed E-state index contributed by atoms with van der Waals surface area (Å²) in [5.74, 6) is -2.82. The Kier molecular flexibility index (Phi) is 6.20. The van der Waals surface area contributed by atoms with E-state index in [1.807, 2.05) is 13.0 Å². The lowest BCUT2D eigenvalue weighted by molar-refractivity contribution is -0.141. The minimum absolute atomic E-state index is 0.0169. The van der Waals surface area contributed by atoms with E-state index in [-0.39, 0.29) is 29.2 Å². The zero-order valence-corrected chi connectivity index (χ0v) is 16.7. The Labute approximate surface area is 172 Å². The SMILES string of the molecule is CCCC1=C(C(=O)OCC2CC2)C(c2ccc(F)cc2C(F)(F)F)C(C#N)=C(C)N1. The first-order valence-electron chi connectivity index (χ1n) is 9.82. The maximum Gasteiger partial charge on any atom is 0.416 e. The molecular formula is C22H22F4N2O2. The predicted molar refractivity (Wildman–Crippen MR) is 101 cm³/mol. The highest BCUT2D eigenvalue weighted by atomic mass is 19.4. The number of allylic oxidation sites excluding steroid dienone is 3. The van der Waals surface area contributed by atoms with Gasteiger partial charge in [0.15, 0.2) is 0 Å². The molecule has 30 heavy (non-hydrogen) atoms. The number of benzene rings is 1. The van der Waals surface area contributed by atoms with Crippen LogP contribution < -0.4 is 5.32 Å². The zero-order valence-electron chi connectivity index (χ0n) is 16.7. The van der Waals surface area contributed by atoms with E-state index < -0.39 is 29.4 Å². The predicted octanol–water partition coefficient (Wildman–Crippen LogP) is 5.34. The van der Waals surface area contributed by atoms with Gasteiger partial charge < -0.3 is 10.1 Å². The number of hydrogen-bond acceptors (Lipinski definition) is 4. The Morgan fingerprint density at radius 3 is 2.60 bits per heavy atom. The number of carbonyl (C=O) groups excluding carboxylic acids is 1. The van der Waals surface area contributed by atoms with Crippen molar-refractivity contribution in [2.24, 2.45) is 5.92 Å². The van der Waals surface area contributed by atoms with Gasteiger partial charge in [-0.05, 0) is 49.8 Å². The van der Waals surface area contributed by atoms with Crippen LogP contribution in [-0.4, -0.2) is 12.6 Å². The van der Waals surface area contributed by atoms with Crippen molar-refractivity contribution in [1.82, 2.24) is 5.32 Å². The van der Waals surface area contributed by atoms with Crippen LogP contribution in [-0.2, 0) is 15.7 Å². The van der Waals surface area contributed by atoms with E-state index >= 15 is 0 Å². The van der Waals surface area contributed by atoms with Gasteiger partial charge in [0.05, 0.1) is 35.3 Å². The molecule has 1 unspecified atom stereocenters. The molecule has 1 aromatic carbocycles. The molecule has 1 aliphatic carbocycles. The lowest BCUT2D eigenvalue weighted by Crippen LogP contribution is -2.31. The molecule has 3 rings (SSSR count). The van der Waals surface area contributed by atoms with Gasteiger partial charge in [0.2, 0.25) is 0 Å². The number of nitriles is 1. The summed E-state index contributed by atoms with van der Waals surface area (Å²) in [6.07, 6.45) is -1.96. The molecule has 1 heterocycles. The van der Waals surface area contributed by atoms with Crippen molar-refractivity contribution in [3.63, 3.8) is 0 Å². The molecule has 0 saturated heterocycles. The second-order valence-corrected chi connectivity index (χ2v) is 7.62. The molecule has 1 fully saturated rings. The maximum absolute atomic E-state index is 13.7. The van der Waals surface area contributed by atoms with Gasteiger partial charge in [-0.1, -0.05) is 19.4 Å². The number of alkyl halides is 3. The fourth-order valence-electron chi connectivity index (χ4n) is 3.63. The van der Waals surface area contributed by atoms with E-state index in [4.69, 9.17) is 4.74 Å². The third-order valence-corrected chi connectivity index (χ3v) is 5.26. The van der Waals surface area contributed by atoms with Crippen molar-refractivity contribution < 1.29 is 27.1 Å². The Morgan fingerprint density at radius 2 is 2.03 bits per heavy atom. The van der Waals surface area contributed by atoms with Crippen molar-refractivity contribution >= 4 is 5.97 Å². The van der Waals surface area contributed by atoms with Crippen LogP contribution in [0, 0.1) is 23.1 Å². The molecule has 1 N–H and O–H groups in total. The molecule has 0 bridgehead atoms. The highest BCUT2D eigenvalue weighted by Gasteiger charge is 2.42. The van der Waals surface area contributed by atoms with E-state index in [1.54, 1.807) is 6.92 Å². The fourth-order valence-corrected chi connectivity index (χ4v) is 3.63. The molecule has 1 aromatic rings. The van der Waals surface area contributed by atoms with Crippen LogP contribution in [0.15, 0.2) is 40.7 Å². The van der Waals surface area contributed by atoms with E-state index in [0.29, 0.717) is 30.3 Å². The molecule has 8 heteroatoms. The summed E-state index contributed by atoms with van der Waals surface area (Å²) < 4.78 is 60.3. The van der Waals surface area contributed by atoms with Crippen molar-refractivity contribution in [1.29, 1.82) is 5.26 Å². The van der Waals surface area contributed by atoms with Crippen molar-refractivity contribution in [2.75, 3.05) is 6.61 Å². The molecule has 1 saturated carbocycles. The number of halogens is 4. The Balaban J connectivity index is 2.18. The third-order valence-electron chi connectivity index (χ3n) is 5.26. The van der Waals surface area contributed by atoms with E-state index in [2.05, 4.69) is 5.32 Å². The summed E-state index contributed by atoms with van der Waals surface area (Å²) in [7, 11) is 0. The monoisotopic (exact) mass is 422 g/mol. The first-order valence-corrected chi connectivity index (χ1v) is 9.82. The summed E-state index contributed by atoms with van der Waals surface area (Å²) in [5, 5.41) is 12.7. The molecule has 1 atom stereocenters. The lowest BCUT2D eigenvalue weighted by atomic mass is 9.78. The molecule has 0 aromatic heterocycles. The number of nitrogens with one attached hydrogen (secondary N) is 1. The summed E-state index contributed by atoms with van der Waals surface area (Å²) >= 11 is 0. The van der Waals surface area contributed by atoms with Crippen LogP contribution in [0.4, 0.5) is 17.6 Å². The Morgan fingerprint density at radius 1 is 1.33 bits per heavy atom. The van der Waals surface area contributed by atoms with Gasteiger partial charge in [-0.15, -0.1) is 0 Å². The number of nitrogens with zero attached hydrogens (tertiary/aromatic N) is 1.